The summed E-state index contributed by atoms with van der Waals surface area (Å²) in [5.74, 6) is 0. The van der Waals surface area contributed by atoms with Gasteiger partial charge in [0, 0.05) is 6.54 Å². The molecule has 0 saturated heterocycles. The molecule has 2 heterocycles. The number of allylic oxidation sites excluding steroid dienone is 1. The van der Waals surface area contributed by atoms with Crippen LogP contribution in [0.3, 0.4) is 0 Å². The molecule has 0 unspecified atom stereocenters. The van der Waals surface area contributed by atoms with E-state index >= 15 is 0 Å². The van der Waals surface area contributed by atoms with Crippen molar-refractivity contribution in [2.75, 3.05) is 0 Å². The summed E-state index contributed by atoms with van der Waals surface area (Å²) < 4.78 is 2.64. The highest BCUT2D eigenvalue weighted by Gasteiger charge is 2.09. The van der Waals surface area contributed by atoms with Crippen molar-refractivity contribution in [3.05, 3.63) is 28.0 Å². The van der Waals surface area contributed by atoms with Gasteiger partial charge in [-0.2, -0.15) is 4.98 Å². The number of imidazole rings is 1. The van der Waals surface area contributed by atoms with Crippen molar-refractivity contribution in [1.82, 2.24) is 19.5 Å². The maximum Gasteiger partial charge on any atom is 0.225 e. The summed E-state index contributed by atoms with van der Waals surface area (Å²) in [5, 5.41) is 0.243. The van der Waals surface area contributed by atoms with Crippen LogP contribution in [-0.2, 0) is 6.54 Å². The van der Waals surface area contributed by atoms with Gasteiger partial charge in [0.05, 0.1) is 6.33 Å². The van der Waals surface area contributed by atoms with Crippen molar-refractivity contribution in [3.8, 4) is 0 Å². The lowest BCUT2D eigenvalue weighted by atomic mass is 10.5. The zero-order valence-electron chi connectivity index (χ0n) is 7.11. The molecule has 4 nitrogen and oxygen atoms in total. The fraction of sp³-hybridized carbons (Fsp3) is 0.125. The molecule has 72 valence electrons. The Bertz CT molecular complexity index is 493. The van der Waals surface area contributed by atoms with Crippen LogP contribution in [0.25, 0.3) is 11.2 Å². The SMILES string of the molecule is C=CCn1cnc2c(I)nc(Cl)nc21. The molecule has 14 heavy (non-hydrogen) atoms. The van der Waals surface area contributed by atoms with Gasteiger partial charge in [0.1, 0.15) is 9.22 Å². The number of aromatic nitrogens is 4. The van der Waals surface area contributed by atoms with Crippen molar-refractivity contribution in [1.29, 1.82) is 0 Å². The Morgan fingerprint density at radius 2 is 2.36 bits per heavy atom. The van der Waals surface area contributed by atoms with Gasteiger partial charge < -0.3 is 4.57 Å². The summed E-state index contributed by atoms with van der Waals surface area (Å²) in [6.45, 7) is 4.33. The Morgan fingerprint density at radius 3 is 3.07 bits per heavy atom. The first-order valence-electron chi connectivity index (χ1n) is 3.87. The van der Waals surface area contributed by atoms with E-state index in [4.69, 9.17) is 11.6 Å². The predicted octanol–water partition coefficient (Wildman–Crippen LogP) is 2.27. The van der Waals surface area contributed by atoms with Crippen LogP contribution < -0.4 is 0 Å². The van der Waals surface area contributed by atoms with E-state index in [1.165, 1.54) is 0 Å². The molecule has 0 saturated carbocycles. The fourth-order valence-corrected chi connectivity index (χ4v) is 2.07. The highest BCUT2D eigenvalue weighted by atomic mass is 127. The third-order valence-electron chi connectivity index (χ3n) is 1.72. The Hall–Kier alpha value is -0.690. The van der Waals surface area contributed by atoms with Gasteiger partial charge in [-0.25, -0.2) is 9.97 Å². The standard InChI is InChI=1S/C8H6ClIN4/c1-2-3-14-4-11-5-6(10)12-8(9)13-7(5)14/h2,4H,1,3H2. The first kappa shape index (κ1) is 9.85. The van der Waals surface area contributed by atoms with Gasteiger partial charge >= 0.3 is 0 Å². The van der Waals surface area contributed by atoms with E-state index in [1.54, 1.807) is 12.4 Å². The van der Waals surface area contributed by atoms with Crippen molar-refractivity contribution < 1.29 is 0 Å². The molecule has 2 aromatic heterocycles. The van der Waals surface area contributed by atoms with Crippen LogP contribution in [0.5, 0.6) is 0 Å². The predicted molar refractivity (Wildman–Crippen MR) is 63.2 cm³/mol. The van der Waals surface area contributed by atoms with Crippen molar-refractivity contribution in [2.24, 2.45) is 0 Å². The summed E-state index contributed by atoms with van der Waals surface area (Å²) in [6, 6.07) is 0. The van der Waals surface area contributed by atoms with E-state index in [0.717, 1.165) is 14.9 Å². The number of rotatable bonds is 2. The lowest BCUT2D eigenvalue weighted by Gasteiger charge is -1.98. The first-order chi connectivity index (χ1) is 6.72. The summed E-state index contributed by atoms with van der Waals surface area (Å²) in [7, 11) is 0. The minimum Gasteiger partial charge on any atom is -0.311 e. The summed E-state index contributed by atoms with van der Waals surface area (Å²) >= 11 is 7.85. The average molecular weight is 321 g/mol. The summed E-state index contributed by atoms with van der Waals surface area (Å²) in [4.78, 5) is 12.3. The van der Waals surface area contributed by atoms with Crippen LogP contribution >= 0.6 is 34.2 Å². The Balaban J connectivity index is 2.71. The second-order valence-electron chi connectivity index (χ2n) is 2.64. The molecule has 0 spiro atoms. The lowest BCUT2D eigenvalue weighted by molar-refractivity contribution is 0.838. The van der Waals surface area contributed by atoms with Crippen LogP contribution in [0.15, 0.2) is 19.0 Å². The molecule has 0 aliphatic carbocycles. The van der Waals surface area contributed by atoms with E-state index in [-0.39, 0.29) is 5.28 Å². The second kappa shape index (κ2) is 3.82. The van der Waals surface area contributed by atoms with E-state index in [0.29, 0.717) is 6.54 Å². The largest absolute Gasteiger partial charge is 0.311 e. The zero-order chi connectivity index (χ0) is 10.1. The number of nitrogens with zero attached hydrogens (tertiary/aromatic N) is 4. The van der Waals surface area contributed by atoms with E-state index in [9.17, 15) is 0 Å². The number of halogens is 2. The first-order valence-corrected chi connectivity index (χ1v) is 5.33. The molecular weight excluding hydrogens is 314 g/mol. The lowest BCUT2D eigenvalue weighted by Crippen LogP contribution is -1.96. The van der Waals surface area contributed by atoms with Gasteiger partial charge in [-0.15, -0.1) is 6.58 Å². The van der Waals surface area contributed by atoms with Crippen molar-refractivity contribution in [3.63, 3.8) is 0 Å². The van der Waals surface area contributed by atoms with Gasteiger partial charge in [0.2, 0.25) is 5.28 Å². The molecule has 0 fully saturated rings. The highest BCUT2D eigenvalue weighted by molar-refractivity contribution is 14.1. The smallest absolute Gasteiger partial charge is 0.225 e. The quantitative estimate of drug-likeness (QED) is 0.369. The topological polar surface area (TPSA) is 43.6 Å². The van der Waals surface area contributed by atoms with Crippen LogP contribution in [-0.4, -0.2) is 19.5 Å². The van der Waals surface area contributed by atoms with E-state index in [2.05, 4.69) is 44.1 Å². The monoisotopic (exact) mass is 320 g/mol. The Kier molecular flexibility index (Phi) is 2.69. The molecule has 0 N–H and O–H groups in total. The molecule has 0 aromatic carbocycles. The molecule has 2 rings (SSSR count). The normalized spacial score (nSPS) is 10.7. The number of hydrogen-bond acceptors (Lipinski definition) is 3. The van der Waals surface area contributed by atoms with Gasteiger partial charge in [-0.3, -0.25) is 0 Å². The Morgan fingerprint density at radius 1 is 1.57 bits per heavy atom. The summed E-state index contributed by atoms with van der Waals surface area (Å²) in [6.07, 6.45) is 3.49. The van der Waals surface area contributed by atoms with Gasteiger partial charge in [0.25, 0.3) is 0 Å². The molecular formula is C8H6ClIN4. The summed E-state index contributed by atoms with van der Waals surface area (Å²) in [5.41, 5.74) is 1.52. The third kappa shape index (κ3) is 1.61. The number of hydrogen-bond donors (Lipinski definition) is 0. The van der Waals surface area contributed by atoms with E-state index in [1.807, 2.05) is 4.57 Å². The van der Waals surface area contributed by atoms with E-state index < -0.39 is 0 Å². The zero-order valence-corrected chi connectivity index (χ0v) is 10.0. The van der Waals surface area contributed by atoms with Gasteiger partial charge in [0.15, 0.2) is 5.65 Å². The fourth-order valence-electron chi connectivity index (χ4n) is 1.16. The maximum absolute atomic E-state index is 5.76. The van der Waals surface area contributed by atoms with Crippen molar-refractivity contribution in [2.45, 2.75) is 6.54 Å². The molecule has 2 aromatic rings. The van der Waals surface area contributed by atoms with Gasteiger partial charge in [-0.1, -0.05) is 6.08 Å². The minimum atomic E-state index is 0.243. The van der Waals surface area contributed by atoms with Crippen LogP contribution in [0.1, 0.15) is 0 Å². The van der Waals surface area contributed by atoms with Crippen LogP contribution in [0, 0.1) is 3.70 Å². The van der Waals surface area contributed by atoms with Gasteiger partial charge in [-0.05, 0) is 34.2 Å². The average Bonchev–Trinajstić information content (AvgIpc) is 2.49. The maximum atomic E-state index is 5.76. The molecule has 6 heteroatoms. The second-order valence-corrected chi connectivity index (χ2v) is 4.00. The minimum absolute atomic E-state index is 0.243. The van der Waals surface area contributed by atoms with Crippen molar-refractivity contribution >= 4 is 45.4 Å². The van der Waals surface area contributed by atoms with Crippen LogP contribution in [0.2, 0.25) is 5.28 Å². The molecule has 0 atom stereocenters. The molecule has 0 amide bonds. The molecule has 0 radical (unpaired) electrons. The number of fused-ring (bicyclic) bond motifs is 1. The molecule has 0 aliphatic heterocycles. The van der Waals surface area contributed by atoms with Crippen LogP contribution in [0.4, 0.5) is 0 Å². The third-order valence-corrected chi connectivity index (χ3v) is 2.64. The Labute approximate surface area is 99.2 Å². The highest BCUT2D eigenvalue weighted by Crippen LogP contribution is 2.17. The molecule has 0 aliphatic rings. The molecule has 0 bridgehead atoms.